The Kier molecular flexibility index (Phi) is 11.0. The number of carbonyl (C=O) groups excluding carboxylic acids is 1. The van der Waals surface area contributed by atoms with Crippen LogP contribution in [0.1, 0.15) is 28.8 Å². The lowest BCUT2D eigenvalue weighted by atomic mass is 10.1. The second-order valence-electron chi connectivity index (χ2n) is 9.19. The first kappa shape index (κ1) is 31.8. The maximum absolute atomic E-state index is 13.8. The molecule has 0 spiro atoms. The van der Waals surface area contributed by atoms with Crippen LogP contribution in [-0.2, 0) is 20.8 Å². The molecule has 0 saturated carbocycles. The monoisotopic (exact) mass is 609 g/mol. The molecule has 0 unspecified atom stereocenters. The van der Waals surface area contributed by atoms with Gasteiger partial charge in [-0.15, -0.1) is 13.2 Å². The summed E-state index contributed by atoms with van der Waals surface area (Å²) < 4.78 is 89.1. The van der Waals surface area contributed by atoms with Crippen molar-refractivity contribution in [1.82, 2.24) is 15.3 Å². The quantitative estimate of drug-likeness (QED) is 0.0599. The van der Waals surface area contributed by atoms with Crippen molar-refractivity contribution in [3.63, 3.8) is 0 Å². The molecule has 0 amide bonds. The molecule has 0 bridgehead atoms. The highest BCUT2D eigenvalue weighted by atomic mass is 19.4. The predicted molar refractivity (Wildman–Crippen MR) is 145 cm³/mol. The molecule has 0 radical (unpaired) electrons. The Labute approximate surface area is 242 Å². The number of methoxy groups -OCH3 is 1. The number of esters is 1. The number of nitrogens with zero attached hydrogens (tertiary/aromatic N) is 2. The second-order valence-corrected chi connectivity index (χ2v) is 9.19. The largest absolute Gasteiger partial charge is 0.573 e. The SMILES string of the molecule is COCOC(=O)c1ccc2c(c1)nc(OCCOCCCCNCc1cc(F)c(OC(F)(F)F)c(F)c1)c1ccncc12. The van der Waals surface area contributed by atoms with Crippen LogP contribution in [0, 0.1) is 11.6 Å². The second kappa shape index (κ2) is 14.8. The maximum atomic E-state index is 13.8. The number of rotatable bonds is 15. The number of benzene rings is 2. The van der Waals surface area contributed by atoms with Crippen molar-refractivity contribution in [2.24, 2.45) is 0 Å². The van der Waals surface area contributed by atoms with Crippen LogP contribution in [0.5, 0.6) is 11.6 Å². The van der Waals surface area contributed by atoms with Crippen LogP contribution in [0.15, 0.2) is 48.8 Å². The van der Waals surface area contributed by atoms with E-state index in [4.69, 9.17) is 18.9 Å². The van der Waals surface area contributed by atoms with Gasteiger partial charge in [-0.3, -0.25) is 4.98 Å². The van der Waals surface area contributed by atoms with E-state index in [0.717, 1.165) is 28.3 Å². The van der Waals surface area contributed by atoms with Crippen LogP contribution in [0.4, 0.5) is 22.0 Å². The summed E-state index contributed by atoms with van der Waals surface area (Å²) >= 11 is 0. The predicted octanol–water partition coefficient (Wildman–Crippen LogP) is 5.69. The minimum atomic E-state index is -5.19. The molecule has 0 fully saturated rings. The van der Waals surface area contributed by atoms with Gasteiger partial charge in [0.1, 0.15) is 6.61 Å². The van der Waals surface area contributed by atoms with E-state index in [-0.39, 0.29) is 32.1 Å². The third-order valence-corrected chi connectivity index (χ3v) is 6.07. The smallest absolute Gasteiger partial charge is 0.475 e. The number of carbonyl (C=O) groups is 1. The lowest BCUT2D eigenvalue weighted by Gasteiger charge is -2.12. The molecule has 230 valence electrons. The Balaban J connectivity index is 1.20. The van der Waals surface area contributed by atoms with E-state index >= 15 is 0 Å². The third-order valence-electron chi connectivity index (χ3n) is 6.07. The third kappa shape index (κ3) is 8.92. The number of ether oxygens (including phenoxy) is 5. The molecular weight excluding hydrogens is 581 g/mol. The fourth-order valence-corrected chi connectivity index (χ4v) is 4.16. The molecule has 0 aliphatic rings. The van der Waals surface area contributed by atoms with E-state index in [2.05, 4.69) is 20.0 Å². The molecule has 14 heteroatoms. The molecule has 2 aromatic heterocycles. The number of pyridine rings is 2. The maximum Gasteiger partial charge on any atom is 0.573 e. The number of hydrogen-bond acceptors (Lipinski definition) is 9. The Bertz CT molecular complexity index is 1530. The van der Waals surface area contributed by atoms with Crippen molar-refractivity contribution in [1.29, 1.82) is 0 Å². The fraction of sp³-hybridized carbons (Fsp3) is 0.345. The van der Waals surface area contributed by atoms with Gasteiger partial charge in [-0.2, -0.15) is 0 Å². The van der Waals surface area contributed by atoms with Crippen LogP contribution in [0.3, 0.4) is 0 Å². The average Bonchev–Trinajstić information content (AvgIpc) is 2.98. The van der Waals surface area contributed by atoms with Crippen LogP contribution in [0.2, 0.25) is 0 Å². The number of halogens is 5. The van der Waals surface area contributed by atoms with E-state index in [1.165, 1.54) is 7.11 Å². The topological polar surface area (TPSA) is 101 Å². The summed E-state index contributed by atoms with van der Waals surface area (Å²) in [5.41, 5.74) is 0.995. The number of alkyl halides is 3. The Morgan fingerprint density at radius 1 is 0.953 bits per heavy atom. The van der Waals surface area contributed by atoms with Gasteiger partial charge in [0.25, 0.3) is 0 Å². The van der Waals surface area contributed by atoms with Gasteiger partial charge in [-0.05, 0) is 55.3 Å². The molecule has 1 N–H and O–H groups in total. The van der Waals surface area contributed by atoms with Crippen LogP contribution >= 0.6 is 0 Å². The van der Waals surface area contributed by atoms with Crippen molar-refractivity contribution >= 4 is 27.6 Å². The highest BCUT2D eigenvalue weighted by Crippen LogP contribution is 2.31. The highest BCUT2D eigenvalue weighted by Gasteiger charge is 2.34. The van der Waals surface area contributed by atoms with E-state index in [9.17, 15) is 26.7 Å². The zero-order chi connectivity index (χ0) is 30.8. The van der Waals surface area contributed by atoms with Crippen LogP contribution in [0.25, 0.3) is 21.7 Å². The molecule has 43 heavy (non-hydrogen) atoms. The molecule has 2 aromatic carbocycles. The molecule has 2 heterocycles. The highest BCUT2D eigenvalue weighted by molar-refractivity contribution is 6.08. The number of fused-ring (bicyclic) bond motifs is 3. The Hall–Kier alpha value is -4.14. The standard InChI is InChI=1S/C29H28F5N3O6/c1-39-17-42-28(38)19-4-5-20-22-16-36-8-6-21(22)27(37-25(20)14-19)41-11-10-40-9-3-2-7-35-15-18-12-23(30)26(24(31)13-18)43-29(32,33)34/h4-6,8,12-14,16,35H,2-3,7,9-11,15,17H2,1H3. The molecule has 0 aliphatic carbocycles. The average molecular weight is 610 g/mol. The Morgan fingerprint density at radius 3 is 2.49 bits per heavy atom. The van der Waals surface area contributed by atoms with Gasteiger partial charge in [0, 0.05) is 48.8 Å². The van der Waals surface area contributed by atoms with Crippen LogP contribution in [-0.4, -0.2) is 62.6 Å². The lowest BCUT2D eigenvalue weighted by Crippen LogP contribution is -2.20. The lowest BCUT2D eigenvalue weighted by molar-refractivity contribution is -0.276. The molecule has 0 saturated heterocycles. The number of nitrogens with one attached hydrogen (secondary N) is 1. The number of unbranched alkanes of at least 4 members (excludes halogenated alkanes) is 1. The number of hydrogen-bond donors (Lipinski definition) is 1. The van der Waals surface area contributed by atoms with Gasteiger partial charge in [0.15, 0.2) is 18.4 Å². The zero-order valence-corrected chi connectivity index (χ0v) is 23.0. The summed E-state index contributed by atoms with van der Waals surface area (Å²) in [6.45, 7) is 1.32. The van der Waals surface area contributed by atoms with E-state index in [0.29, 0.717) is 43.0 Å². The van der Waals surface area contributed by atoms with Gasteiger partial charge < -0.3 is 29.0 Å². The first-order valence-corrected chi connectivity index (χ1v) is 13.1. The Morgan fingerprint density at radius 2 is 1.74 bits per heavy atom. The molecular formula is C29H28F5N3O6. The minimum absolute atomic E-state index is 0.0624. The first-order valence-electron chi connectivity index (χ1n) is 13.1. The van der Waals surface area contributed by atoms with Crippen molar-refractivity contribution in [3.8, 4) is 11.6 Å². The zero-order valence-electron chi connectivity index (χ0n) is 23.0. The summed E-state index contributed by atoms with van der Waals surface area (Å²) in [5.74, 6) is -4.51. The molecule has 4 rings (SSSR count). The summed E-state index contributed by atoms with van der Waals surface area (Å²) in [4.78, 5) is 21.0. The van der Waals surface area contributed by atoms with Gasteiger partial charge in [-0.1, -0.05) is 6.07 Å². The van der Waals surface area contributed by atoms with E-state index in [1.807, 2.05) is 0 Å². The van der Waals surface area contributed by atoms with Crippen molar-refractivity contribution < 1.29 is 50.4 Å². The van der Waals surface area contributed by atoms with Gasteiger partial charge in [0.05, 0.1) is 17.7 Å². The summed E-state index contributed by atoms with van der Waals surface area (Å²) in [6, 6.07) is 8.41. The molecule has 0 atom stereocenters. The molecule has 9 nitrogen and oxygen atoms in total. The van der Waals surface area contributed by atoms with Gasteiger partial charge in [-0.25, -0.2) is 18.6 Å². The van der Waals surface area contributed by atoms with Crippen molar-refractivity contribution in [2.45, 2.75) is 25.7 Å². The molecule has 4 aromatic rings. The van der Waals surface area contributed by atoms with Gasteiger partial charge >= 0.3 is 12.3 Å². The fourth-order valence-electron chi connectivity index (χ4n) is 4.16. The molecule has 0 aliphatic heterocycles. The number of aromatic nitrogens is 2. The van der Waals surface area contributed by atoms with Gasteiger partial charge in [0.2, 0.25) is 11.6 Å². The minimum Gasteiger partial charge on any atom is -0.475 e. The summed E-state index contributed by atoms with van der Waals surface area (Å²) in [5, 5.41) is 5.34. The summed E-state index contributed by atoms with van der Waals surface area (Å²) in [6.07, 6.45) is -0.500. The van der Waals surface area contributed by atoms with E-state index in [1.54, 1.807) is 36.7 Å². The van der Waals surface area contributed by atoms with Crippen LogP contribution < -0.4 is 14.8 Å². The normalized spacial score (nSPS) is 11.7. The van der Waals surface area contributed by atoms with E-state index < -0.39 is 29.7 Å². The first-order chi connectivity index (χ1) is 20.7. The van der Waals surface area contributed by atoms with Crippen molar-refractivity contribution in [3.05, 3.63) is 71.6 Å². The summed E-state index contributed by atoms with van der Waals surface area (Å²) in [7, 11) is 1.42. The van der Waals surface area contributed by atoms with Crippen molar-refractivity contribution in [2.75, 3.05) is 40.3 Å².